The van der Waals surface area contributed by atoms with Crippen molar-refractivity contribution in [2.45, 2.75) is 0 Å². The van der Waals surface area contributed by atoms with Gasteiger partial charge >= 0.3 is 0 Å². The second-order valence-electron chi connectivity index (χ2n) is 13.4. The molecule has 12 aromatic rings. The Labute approximate surface area is 295 Å². The second-order valence-corrected chi connectivity index (χ2v) is 13.4. The Morgan fingerprint density at radius 3 is 1.88 bits per heavy atom. The number of hydrogen-bond acceptors (Lipinski definition) is 3. The molecule has 0 aliphatic heterocycles. The topological polar surface area (TPSA) is 57.4 Å². The summed E-state index contributed by atoms with van der Waals surface area (Å²) in [7, 11) is 0. The van der Waals surface area contributed by atoms with E-state index in [0.717, 1.165) is 72.2 Å². The standard InChI is InChI=1S/C45H27N7/c1-3-15-31-28(12-1)14-11-17-32(31)43-33-16-4-5-18-34(33)46-44(48-43)52-40-23-10-9-22-39(40)51-41-27-30(24-25-35(41)47-45(51)52)49-37-20-7-8-21-38(37)50-36-19-6-2-13-29(36)26-42(49)50/h1-27H. The van der Waals surface area contributed by atoms with Crippen LogP contribution in [-0.4, -0.2) is 32.9 Å². The fraction of sp³-hybridized carbons (Fsp3) is 0. The van der Waals surface area contributed by atoms with Gasteiger partial charge in [-0.25, -0.2) is 19.5 Å². The molecule has 7 aromatic carbocycles. The highest BCUT2D eigenvalue weighted by Crippen LogP contribution is 2.36. The summed E-state index contributed by atoms with van der Waals surface area (Å²) in [5.74, 6) is 1.35. The molecule has 0 bridgehead atoms. The van der Waals surface area contributed by atoms with E-state index >= 15 is 0 Å². The van der Waals surface area contributed by atoms with E-state index in [-0.39, 0.29) is 0 Å². The highest BCUT2D eigenvalue weighted by Gasteiger charge is 2.22. The van der Waals surface area contributed by atoms with Crippen LogP contribution in [0.3, 0.4) is 0 Å². The number of para-hydroxylation sites is 6. The first-order chi connectivity index (χ1) is 25.8. The summed E-state index contributed by atoms with van der Waals surface area (Å²) in [6.07, 6.45) is 0. The van der Waals surface area contributed by atoms with Crippen LogP contribution in [0.15, 0.2) is 164 Å². The van der Waals surface area contributed by atoms with E-state index in [1.54, 1.807) is 0 Å². The molecule has 0 aliphatic rings. The molecule has 12 rings (SSSR count). The van der Waals surface area contributed by atoms with Crippen molar-refractivity contribution in [3.63, 3.8) is 0 Å². The highest BCUT2D eigenvalue weighted by atomic mass is 15.3. The van der Waals surface area contributed by atoms with Crippen molar-refractivity contribution < 1.29 is 0 Å². The van der Waals surface area contributed by atoms with E-state index in [1.807, 2.05) is 6.07 Å². The molecule has 5 aromatic heterocycles. The normalized spacial score (nSPS) is 12.2. The number of hydrogen-bond donors (Lipinski definition) is 0. The summed E-state index contributed by atoms with van der Waals surface area (Å²) < 4.78 is 9.08. The first-order valence-electron chi connectivity index (χ1n) is 17.5. The molecule has 242 valence electrons. The van der Waals surface area contributed by atoms with Crippen molar-refractivity contribution in [2.24, 2.45) is 0 Å². The Morgan fingerprint density at radius 1 is 0.385 bits per heavy atom. The molecule has 7 heteroatoms. The lowest BCUT2D eigenvalue weighted by Crippen LogP contribution is -2.04. The van der Waals surface area contributed by atoms with Crippen LogP contribution in [0.2, 0.25) is 0 Å². The predicted octanol–water partition coefficient (Wildman–Crippen LogP) is 10.5. The smallest absolute Gasteiger partial charge is 0.238 e. The molecule has 5 heterocycles. The molecule has 0 atom stereocenters. The second kappa shape index (κ2) is 10.2. The number of aromatic nitrogens is 7. The van der Waals surface area contributed by atoms with Crippen molar-refractivity contribution in [3.8, 4) is 22.9 Å². The largest absolute Gasteiger partial charge is 0.294 e. The third kappa shape index (κ3) is 3.66. The van der Waals surface area contributed by atoms with Gasteiger partial charge in [0.25, 0.3) is 0 Å². The van der Waals surface area contributed by atoms with Crippen molar-refractivity contribution in [2.75, 3.05) is 0 Å². The van der Waals surface area contributed by atoms with Crippen LogP contribution in [0.5, 0.6) is 0 Å². The van der Waals surface area contributed by atoms with Gasteiger partial charge in [-0.2, -0.15) is 0 Å². The zero-order valence-electron chi connectivity index (χ0n) is 27.7. The minimum absolute atomic E-state index is 0.585. The molecular weight excluding hydrogens is 639 g/mol. The van der Waals surface area contributed by atoms with Crippen LogP contribution in [0.1, 0.15) is 0 Å². The SMILES string of the molecule is c1ccc2c(-c3nc(-n4c5ccccc5n5c6cc(-n7c8ccccc8n8c9ccccc9cc78)ccc6nc45)nc4ccccc34)cccc2c1. The molecular formula is C45H27N7. The van der Waals surface area contributed by atoms with Gasteiger partial charge in [0.2, 0.25) is 11.7 Å². The van der Waals surface area contributed by atoms with Gasteiger partial charge in [-0.1, -0.05) is 103 Å². The number of nitrogens with zero attached hydrogens (tertiary/aromatic N) is 7. The predicted molar refractivity (Wildman–Crippen MR) is 211 cm³/mol. The Hall–Kier alpha value is -7.25. The summed E-state index contributed by atoms with van der Waals surface area (Å²) in [4.78, 5) is 15.8. The van der Waals surface area contributed by atoms with Crippen LogP contribution >= 0.6 is 0 Å². The summed E-state index contributed by atoms with van der Waals surface area (Å²) in [6, 6.07) is 57.7. The number of fused-ring (bicyclic) bond motifs is 12. The molecule has 0 aliphatic carbocycles. The third-order valence-electron chi connectivity index (χ3n) is 10.6. The molecule has 0 amide bonds. The number of rotatable bonds is 3. The van der Waals surface area contributed by atoms with Gasteiger partial charge in [-0.05, 0) is 71.4 Å². The molecule has 0 radical (unpaired) electrons. The lowest BCUT2D eigenvalue weighted by atomic mass is 9.99. The van der Waals surface area contributed by atoms with E-state index in [1.165, 1.54) is 21.8 Å². The summed E-state index contributed by atoms with van der Waals surface area (Å²) in [5, 5.41) is 4.56. The lowest BCUT2D eigenvalue weighted by Gasteiger charge is -2.12. The monoisotopic (exact) mass is 665 g/mol. The maximum Gasteiger partial charge on any atom is 0.238 e. The van der Waals surface area contributed by atoms with Crippen LogP contribution in [0.4, 0.5) is 0 Å². The van der Waals surface area contributed by atoms with Crippen molar-refractivity contribution in [1.29, 1.82) is 0 Å². The van der Waals surface area contributed by atoms with E-state index in [4.69, 9.17) is 15.0 Å². The molecule has 0 saturated heterocycles. The zero-order valence-corrected chi connectivity index (χ0v) is 27.7. The first-order valence-corrected chi connectivity index (χ1v) is 17.5. The van der Waals surface area contributed by atoms with Crippen LogP contribution < -0.4 is 0 Å². The van der Waals surface area contributed by atoms with Crippen molar-refractivity contribution in [3.05, 3.63) is 164 Å². The van der Waals surface area contributed by atoms with Crippen LogP contribution in [-0.2, 0) is 0 Å². The Balaban J connectivity index is 1.15. The van der Waals surface area contributed by atoms with Gasteiger partial charge in [0.05, 0.1) is 49.8 Å². The molecule has 0 N–H and O–H groups in total. The Kier molecular flexibility index (Phi) is 5.38. The maximum absolute atomic E-state index is 5.37. The van der Waals surface area contributed by atoms with E-state index in [0.29, 0.717) is 5.95 Å². The summed E-state index contributed by atoms with van der Waals surface area (Å²) in [5.41, 5.74) is 12.5. The highest BCUT2D eigenvalue weighted by molar-refractivity contribution is 6.04. The minimum Gasteiger partial charge on any atom is -0.294 e. The summed E-state index contributed by atoms with van der Waals surface area (Å²) in [6.45, 7) is 0. The van der Waals surface area contributed by atoms with Crippen molar-refractivity contribution >= 4 is 77.1 Å². The van der Waals surface area contributed by atoms with Gasteiger partial charge < -0.3 is 0 Å². The molecule has 0 saturated carbocycles. The van der Waals surface area contributed by atoms with E-state index in [2.05, 4.69) is 176 Å². The molecule has 0 spiro atoms. The van der Waals surface area contributed by atoms with Gasteiger partial charge in [-0.3, -0.25) is 13.4 Å². The zero-order chi connectivity index (χ0) is 33.9. The molecule has 0 fully saturated rings. The lowest BCUT2D eigenvalue weighted by molar-refractivity contribution is 0.987. The fourth-order valence-electron chi connectivity index (χ4n) is 8.32. The van der Waals surface area contributed by atoms with Crippen LogP contribution in [0.25, 0.3) is 100.0 Å². The average molecular weight is 666 g/mol. The molecule has 52 heavy (non-hydrogen) atoms. The van der Waals surface area contributed by atoms with Gasteiger partial charge in [0, 0.05) is 22.0 Å². The Morgan fingerprint density at radius 2 is 1.04 bits per heavy atom. The number of benzene rings is 7. The molecule has 0 unspecified atom stereocenters. The fourth-order valence-corrected chi connectivity index (χ4v) is 8.32. The van der Waals surface area contributed by atoms with Crippen molar-refractivity contribution in [1.82, 2.24) is 32.9 Å². The maximum atomic E-state index is 5.37. The van der Waals surface area contributed by atoms with Gasteiger partial charge in [0.1, 0.15) is 5.65 Å². The van der Waals surface area contributed by atoms with E-state index in [9.17, 15) is 0 Å². The van der Waals surface area contributed by atoms with Crippen LogP contribution in [0, 0.1) is 0 Å². The third-order valence-corrected chi connectivity index (χ3v) is 10.6. The van der Waals surface area contributed by atoms with E-state index < -0.39 is 0 Å². The first kappa shape index (κ1) is 27.6. The Bertz CT molecular complexity index is 3420. The average Bonchev–Trinajstić information content (AvgIpc) is 3.93. The van der Waals surface area contributed by atoms with Gasteiger partial charge in [-0.15, -0.1) is 0 Å². The minimum atomic E-state index is 0.585. The molecule has 7 nitrogen and oxygen atoms in total. The number of imidazole rings is 3. The van der Waals surface area contributed by atoms with Gasteiger partial charge in [0.15, 0.2) is 0 Å². The summed E-state index contributed by atoms with van der Waals surface area (Å²) >= 11 is 0. The quantitative estimate of drug-likeness (QED) is 0.189.